The van der Waals surface area contributed by atoms with Crippen LogP contribution in [0.1, 0.15) is 58.8 Å². The Balaban J connectivity index is 2.31. The van der Waals surface area contributed by atoms with Crippen molar-refractivity contribution in [3.63, 3.8) is 0 Å². The summed E-state index contributed by atoms with van der Waals surface area (Å²) >= 11 is 0. The second-order valence-corrected chi connectivity index (χ2v) is 5.14. The minimum atomic E-state index is -0.0202. The molecular formula is C14H26N2O2. The third kappa shape index (κ3) is 5.07. The number of nitrogens with zero attached hydrogens (tertiary/aromatic N) is 1. The molecular weight excluding hydrogens is 228 g/mol. The van der Waals surface area contributed by atoms with Crippen molar-refractivity contribution in [3.05, 3.63) is 0 Å². The van der Waals surface area contributed by atoms with Crippen molar-refractivity contribution in [1.82, 2.24) is 10.2 Å². The first-order valence-corrected chi connectivity index (χ1v) is 7.19. The third-order valence-electron chi connectivity index (χ3n) is 3.59. The molecule has 4 heteroatoms. The maximum atomic E-state index is 11.8. The number of rotatable bonds is 7. The summed E-state index contributed by atoms with van der Waals surface area (Å²) < 4.78 is 0. The van der Waals surface area contributed by atoms with Crippen molar-refractivity contribution in [2.24, 2.45) is 0 Å². The summed E-state index contributed by atoms with van der Waals surface area (Å²) in [4.78, 5) is 25.1. The molecule has 1 aliphatic carbocycles. The first kappa shape index (κ1) is 15.0. The highest BCUT2D eigenvalue weighted by atomic mass is 16.2. The van der Waals surface area contributed by atoms with Gasteiger partial charge in [-0.05, 0) is 19.3 Å². The molecule has 1 aliphatic rings. The fourth-order valence-corrected chi connectivity index (χ4v) is 2.53. The molecule has 0 aromatic heterocycles. The van der Waals surface area contributed by atoms with Gasteiger partial charge < -0.3 is 10.2 Å². The molecule has 1 saturated carbocycles. The van der Waals surface area contributed by atoms with Gasteiger partial charge in [0.2, 0.25) is 11.8 Å². The standard InChI is InChI=1S/C14H26N2O2/c1-3-4-7-10-15-14(18)11-16(12(2)17)13-8-5-6-9-13/h13H,3-11H2,1-2H3,(H,15,18). The Labute approximate surface area is 110 Å². The van der Waals surface area contributed by atoms with Gasteiger partial charge in [0.1, 0.15) is 0 Å². The summed E-state index contributed by atoms with van der Waals surface area (Å²) in [5, 5.41) is 2.89. The summed E-state index contributed by atoms with van der Waals surface area (Å²) in [6.45, 7) is 4.65. The normalized spacial score (nSPS) is 15.7. The molecule has 0 aliphatic heterocycles. The molecule has 0 spiro atoms. The van der Waals surface area contributed by atoms with Crippen LogP contribution in [0.3, 0.4) is 0 Å². The number of amides is 2. The van der Waals surface area contributed by atoms with Gasteiger partial charge in [-0.1, -0.05) is 32.6 Å². The molecule has 0 bridgehead atoms. The second kappa shape index (κ2) is 8.11. The zero-order chi connectivity index (χ0) is 13.4. The monoisotopic (exact) mass is 254 g/mol. The summed E-state index contributed by atoms with van der Waals surface area (Å²) in [5.41, 5.74) is 0. The summed E-state index contributed by atoms with van der Waals surface area (Å²) in [5.74, 6) is -0.00110. The molecule has 18 heavy (non-hydrogen) atoms. The van der Waals surface area contributed by atoms with E-state index < -0.39 is 0 Å². The smallest absolute Gasteiger partial charge is 0.239 e. The molecule has 1 rings (SSSR count). The van der Waals surface area contributed by atoms with Crippen molar-refractivity contribution >= 4 is 11.8 Å². The van der Waals surface area contributed by atoms with E-state index in [9.17, 15) is 9.59 Å². The predicted octanol–water partition coefficient (Wildman–Crippen LogP) is 2.08. The molecule has 1 fully saturated rings. The molecule has 4 nitrogen and oxygen atoms in total. The predicted molar refractivity (Wildman–Crippen MR) is 72.2 cm³/mol. The van der Waals surface area contributed by atoms with Crippen LogP contribution in [0, 0.1) is 0 Å². The molecule has 0 aromatic rings. The van der Waals surface area contributed by atoms with E-state index in [2.05, 4.69) is 12.2 Å². The number of unbranched alkanes of at least 4 members (excludes halogenated alkanes) is 2. The molecule has 0 aromatic carbocycles. The van der Waals surface area contributed by atoms with E-state index in [0.717, 1.165) is 38.6 Å². The lowest BCUT2D eigenvalue weighted by Crippen LogP contribution is -2.44. The third-order valence-corrected chi connectivity index (χ3v) is 3.59. The van der Waals surface area contributed by atoms with Gasteiger partial charge in [-0.2, -0.15) is 0 Å². The SMILES string of the molecule is CCCCCNC(=O)CN(C(C)=O)C1CCCC1. The van der Waals surface area contributed by atoms with Gasteiger partial charge in [-0.15, -0.1) is 0 Å². The Bertz CT molecular complexity index is 273. The van der Waals surface area contributed by atoms with Crippen molar-refractivity contribution < 1.29 is 9.59 Å². The highest BCUT2D eigenvalue weighted by Crippen LogP contribution is 2.23. The average Bonchev–Trinajstić information content (AvgIpc) is 2.85. The van der Waals surface area contributed by atoms with Gasteiger partial charge in [-0.3, -0.25) is 9.59 Å². The minimum absolute atomic E-state index is 0.0191. The molecule has 0 heterocycles. The van der Waals surface area contributed by atoms with E-state index in [0.29, 0.717) is 0 Å². The van der Waals surface area contributed by atoms with Crippen LogP contribution in [0.25, 0.3) is 0 Å². The van der Waals surface area contributed by atoms with Crippen LogP contribution in [0.5, 0.6) is 0 Å². The average molecular weight is 254 g/mol. The maximum absolute atomic E-state index is 11.8. The number of hydrogen-bond acceptors (Lipinski definition) is 2. The van der Waals surface area contributed by atoms with E-state index >= 15 is 0 Å². The van der Waals surface area contributed by atoms with Crippen molar-refractivity contribution in [2.45, 2.75) is 64.8 Å². The van der Waals surface area contributed by atoms with E-state index in [1.165, 1.54) is 12.8 Å². The Morgan fingerprint density at radius 2 is 1.89 bits per heavy atom. The Morgan fingerprint density at radius 1 is 1.22 bits per heavy atom. The topological polar surface area (TPSA) is 49.4 Å². The zero-order valence-electron chi connectivity index (χ0n) is 11.7. The number of carbonyl (C=O) groups excluding carboxylic acids is 2. The van der Waals surface area contributed by atoms with Crippen molar-refractivity contribution in [1.29, 1.82) is 0 Å². The summed E-state index contributed by atoms with van der Waals surface area (Å²) in [6.07, 6.45) is 7.74. The van der Waals surface area contributed by atoms with E-state index in [1.807, 2.05) is 0 Å². The first-order chi connectivity index (χ1) is 8.65. The number of carbonyl (C=O) groups is 2. The summed E-state index contributed by atoms with van der Waals surface area (Å²) in [7, 11) is 0. The Morgan fingerprint density at radius 3 is 2.44 bits per heavy atom. The Hall–Kier alpha value is -1.06. The lowest BCUT2D eigenvalue weighted by molar-refractivity contribution is -0.136. The Kier molecular flexibility index (Phi) is 6.76. The quantitative estimate of drug-likeness (QED) is 0.707. The second-order valence-electron chi connectivity index (χ2n) is 5.14. The summed E-state index contributed by atoms with van der Waals surface area (Å²) in [6, 6.07) is 0.281. The van der Waals surface area contributed by atoms with Gasteiger partial charge >= 0.3 is 0 Å². The van der Waals surface area contributed by atoms with Crippen molar-refractivity contribution in [3.8, 4) is 0 Å². The highest BCUT2D eigenvalue weighted by Gasteiger charge is 2.25. The largest absolute Gasteiger partial charge is 0.355 e. The van der Waals surface area contributed by atoms with Gasteiger partial charge in [0.25, 0.3) is 0 Å². The molecule has 0 unspecified atom stereocenters. The lowest BCUT2D eigenvalue weighted by Gasteiger charge is -2.27. The molecule has 0 saturated heterocycles. The fourth-order valence-electron chi connectivity index (χ4n) is 2.53. The van der Waals surface area contributed by atoms with Crippen LogP contribution in [-0.4, -0.2) is 35.8 Å². The number of hydrogen-bond donors (Lipinski definition) is 1. The van der Waals surface area contributed by atoms with Crippen molar-refractivity contribution in [2.75, 3.05) is 13.1 Å². The van der Waals surface area contributed by atoms with Gasteiger partial charge in [0.15, 0.2) is 0 Å². The van der Waals surface area contributed by atoms with E-state index in [4.69, 9.17) is 0 Å². The fraction of sp³-hybridized carbons (Fsp3) is 0.857. The molecule has 0 atom stereocenters. The molecule has 104 valence electrons. The van der Waals surface area contributed by atoms with Crippen LogP contribution in [0.2, 0.25) is 0 Å². The highest BCUT2D eigenvalue weighted by molar-refractivity contribution is 5.83. The van der Waals surface area contributed by atoms with Crippen LogP contribution >= 0.6 is 0 Å². The van der Waals surface area contributed by atoms with E-state index in [-0.39, 0.29) is 24.4 Å². The van der Waals surface area contributed by atoms with Gasteiger partial charge in [0, 0.05) is 19.5 Å². The molecule has 2 amide bonds. The number of nitrogens with one attached hydrogen (secondary N) is 1. The van der Waals surface area contributed by atoms with Crippen LogP contribution < -0.4 is 5.32 Å². The van der Waals surface area contributed by atoms with Crippen LogP contribution in [0.4, 0.5) is 0 Å². The maximum Gasteiger partial charge on any atom is 0.239 e. The molecule has 0 radical (unpaired) electrons. The molecule has 1 N–H and O–H groups in total. The van der Waals surface area contributed by atoms with Crippen LogP contribution in [-0.2, 0) is 9.59 Å². The zero-order valence-corrected chi connectivity index (χ0v) is 11.7. The lowest BCUT2D eigenvalue weighted by atomic mass is 10.2. The first-order valence-electron chi connectivity index (χ1n) is 7.19. The minimum Gasteiger partial charge on any atom is -0.355 e. The van der Waals surface area contributed by atoms with Crippen LogP contribution in [0.15, 0.2) is 0 Å². The van der Waals surface area contributed by atoms with E-state index in [1.54, 1.807) is 11.8 Å². The van der Waals surface area contributed by atoms with Gasteiger partial charge in [-0.25, -0.2) is 0 Å². The van der Waals surface area contributed by atoms with Gasteiger partial charge in [0.05, 0.1) is 6.54 Å².